The van der Waals surface area contributed by atoms with Crippen molar-refractivity contribution in [2.24, 2.45) is 5.92 Å². The molecule has 2 aromatic rings. The van der Waals surface area contributed by atoms with E-state index in [4.69, 9.17) is 0 Å². The lowest BCUT2D eigenvalue weighted by molar-refractivity contribution is 0.0846. The van der Waals surface area contributed by atoms with Gasteiger partial charge in [-0.05, 0) is 11.5 Å². The number of aliphatic hydroxyl groups is 1. The third-order valence-corrected chi connectivity index (χ3v) is 3.73. The molecule has 6 heteroatoms. The van der Waals surface area contributed by atoms with Gasteiger partial charge < -0.3 is 10.4 Å². The Hall–Kier alpha value is -2.21. The van der Waals surface area contributed by atoms with Crippen LogP contribution in [0.1, 0.15) is 36.3 Å². The van der Waals surface area contributed by atoms with Gasteiger partial charge in [0.2, 0.25) is 0 Å². The first-order valence-electron chi connectivity index (χ1n) is 7.50. The van der Waals surface area contributed by atoms with E-state index in [0.29, 0.717) is 6.54 Å². The van der Waals surface area contributed by atoms with Crippen LogP contribution in [0.25, 0.3) is 0 Å². The van der Waals surface area contributed by atoms with Crippen molar-refractivity contribution < 1.29 is 9.90 Å². The number of aromatic nitrogens is 3. The van der Waals surface area contributed by atoms with Crippen molar-refractivity contribution >= 4 is 5.91 Å². The van der Waals surface area contributed by atoms with Gasteiger partial charge in [0.1, 0.15) is 0 Å². The molecule has 1 aromatic carbocycles. The van der Waals surface area contributed by atoms with Gasteiger partial charge in [-0.1, -0.05) is 55.8 Å². The highest BCUT2D eigenvalue weighted by atomic mass is 16.3. The van der Waals surface area contributed by atoms with Crippen LogP contribution in [0.15, 0.2) is 36.5 Å². The first-order chi connectivity index (χ1) is 10.6. The van der Waals surface area contributed by atoms with Gasteiger partial charge in [-0.25, -0.2) is 4.68 Å². The summed E-state index contributed by atoms with van der Waals surface area (Å²) in [6.45, 7) is 4.74. The Morgan fingerprint density at radius 1 is 1.36 bits per heavy atom. The van der Waals surface area contributed by atoms with Crippen LogP contribution in [-0.2, 0) is 6.54 Å². The summed E-state index contributed by atoms with van der Waals surface area (Å²) in [5.74, 6) is -0.171. The number of benzene rings is 1. The van der Waals surface area contributed by atoms with Crippen molar-refractivity contribution in [1.82, 2.24) is 20.3 Å². The molecule has 6 nitrogen and oxygen atoms in total. The van der Waals surface area contributed by atoms with Gasteiger partial charge in [-0.3, -0.25) is 4.79 Å². The molecule has 0 radical (unpaired) electrons. The van der Waals surface area contributed by atoms with E-state index in [2.05, 4.69) is 15.6 Å². The van der Waals surface area contributed by atoms with Crippen molar-refractivity contribution in [2.45, 2.75) is 32.9 Å². The van der Waals surface area contributed by atoms with Crippen LogP contribution in [0, 0.1) is 5.92 Å². The van der Waals surface area contributed by atoms with Gasteiger partial charge in [0.05, 0.1) is 18.8 Å². The smallest absolute Gasteiger partial charge is 0.273 e. The first kappa shape index (κ1) is 16.2. The molecule has 0 bridgehead atoms. The third kappa shape index (κ3) is 4.39. The molecule has 22 heavy (non-hydrogen) atoms. The molecule has 1 amide bonds. The summed E-state index contributed by atoms with van der Waals surface area (Å²) in [6, 6.07) is 9.84. The molecule has 2 rings (SSSR count). The SMILES string of the molecule is CCC(C)C(O)CNC(=O)c1cn(Cc2ccccc2)nn1. The average molecular weight is 302 g/mol. The molecule has 0 spiro atoms. The Balaban J connectivity index is 1.89. The fourth-order valence-electron chi connectivity index (χ4n) is 2.01. The molecule has 2 unspecified atom stereocenters. The van der Waals surface area contributed by atoms with E-state index in [1.165, 1.54) is 0 Å². The minimum absolute atomic E-state index is 0.147. The van der Waals surface area contributed by atoms with E-state index in [-0.39, 0.29) is 24.1 Å². The first-order valence-corrected chi connectivity index (χ1v) is 7.50. The minimum atomic E-state index is -0.548. The highest BCUT2D eigenvalue weighted by molar-refractivity contribution is 5.91. The molecule has 2 atom stereocenters. The number of nitrogens with zero attached hydrogens (tertiary/aromatic N) is 3. The topological polar surface area (TPSA) is 80.0 Å². The molecule has 1 heterocycles. The molecule has 1 aromatic heterocycles. The molecule has 2 N–H and O–H groups in total. The molecule has 0 saturated heterocycles. The molecular formula is C16H22N4O2. The molecule has 0 saturated carbocycles. The lowest BCUT2D eigenvalue weighted by Crippen LogP contribution is -2.35. The highest BCUT2D eigenvalue weighted by Gasteiger charge is 2.16. The predicted octanol–water partition coefficient (Wildman–Crippen LogP) is 1.46. The molecule has 118 valence electrons. The zero-order valence-electron chi connectivity index (χ0n) is 12.9. The van der Waals surface area contributed by atoms with Crippen LogP contribution in [0.5, 0.6) is 0 Å². The largest absolute Gasteiger partial charge is 0.391 e. The van der Waals surface area contributed by atoms with E-state index < -0.39 is 6.10 Å². The number of amides is 1. The van der Waals surface area contributed by atoms with Crippen LogP contribution in [-0.4, -0.2) is 38.7 Å². The van der Waals surface area contributed by atoms with Crippen molar-refractivity contribution in [3.05, 3.63) is 47.8 Å². The second kappa shape index (κ2) is 7.70. The van der Waals surface area contributed by atoms with Crippen LogP contribution in [0.3, 0.4) is 0 Å². The molecular weight excluding hydrogens is 280 g/mol. The molecule has 0 aliphatic carbocycles. The predicted molar refractivity (Wildman–Crippen MR) is 83.4 cm³/mol. The summed E-state index contributed by atoms with van der Waals surface area (Å²) >= 11 is 0. The van der Waals surface area contributed by atoms with E-state index in [9.17, 15) is 9.90 Å². The summed E-state index contributed by atoms with van der Waals surface area (Å²) in [7, 11) is 0. The fraction of sp³-hybridized carbons (Fsp3) is 0.438. The number of hydrogen-bond donors (Lipinski definition) is 2. The van der Waals surface area contributed by atoms with E-state index in [1.807, 2.05) is 44.2 Å². The van der Waals surface area contributed by atoms with Crippen LogP contribution >= 0.6 is 0 Å². The van der Waals surface area contributed by atoms with Gasteiger partial charge in [0.15, 0.2) is 5.69 Å². The summed E-state index contributed by atoms with van der Waals surface area (Å²) in [6.07, 6.45) is 1.93. The summed E-state index contributed by atoms with van der Waals surface area (Å²) in [4.78, 5) is 12.0. The Bertz CT molecular complexity index is 597. The van der Waals surface area contributed by atoms with Crippen LogP contribution in [0.2, 0.25) is 0 Å². The lowest BCUT2D eigenvalue weighted by Gasteiger charge is -2.16. The highest BCUT2D eigenvalue weighted by Crippen LogP contribution is 2.06. The standard InChI is InChI=1S/C16H22N4O2/c1-3-12(2)15(21)9-17-16(22)14-11-20(19-18-14)10-13-7-5-4-6-8-13/h4-8,11-12,15,21H,3,9-10H2,1-2H3,(H,17,22). The number of carbonyl (C=O) groups is 1. The maximum absolute atomic E-state index is 12.0. The summed E-state index contributed by atoms with van der Waals surface area (Å²) in [5, 5.41) is 20.4. The monoisotopic (exact) mass is 302 g/mol. The van der Waals surface area contributed by atoms with E-state index in [1.54, 1.807) is 10.9 Å². The second-order valence-corrected chi connectivity index (χ2v) is 5.45. The van der Waals surface area contributed by atoms with Crippen molar-refractivity contribution in [3.63, 3.8) is 0 Å². The van der Waals surface area contributed by atoms with Crippen LogP contribution in [0.4, 0.5) is 0 Å². The number of nitrogens with one attached hydrogen (secondary N) is 1. The second-order valence-electron chi connectivity index (χ2n) is 5.45. The number of aliphatic hydroxyl groups excluding tert-OH is 1. The van der Waals surface area contributed by atoms with Crippen molar-refractivity contribution in [1.29, 1.82) is 0 Å². The zero-order chi connectivity index (χ0) is 15.9. The maximum Gasteiger partial charge on any atom is 0.273 e. The number of carbonyl (C=O) groups excluding carboxylic acids is 1. The molecule has 0 aliphatic rings. The summed E-state index contributed by atoms with van der Waals surface area (Å²) < 4.78 is 1.62. The van der Waals surface area contributed by atoms with Crippen molar-refractivity contribution in [2.75, 3.05) is 6.54 Å². The normalized spacial score (nSPS) is 13.6. The quantitative estimate of drug-likeness (QED) is 0.811. The average Bonchev–Trinajstić information content (AvgIpc) is 3.01. The Labute approximate surface area is 130 Å². The number of hydrogen-bond acceptors (Lipinski definition) is 4. The Kier molecular flexibility index (Phi) is 5.66. The zero-order valence-corrected chi connectivity index (χ0v) is 12.9. The van der Waals surface area contributed by atoms with Gasteiger partial charge >= 0.3 is 0 Å². The van der Waals surface area contributed by atoms with E-state index in [0.717, 1.165) is 12.0 Å². The number of rotatable bonds is 7. The van der Waals surface area contributed by atoms with E-state index >= 15 is 0 Å². The summed E-state index contributed by atoms with van der Waals surface area (Å²) in [5.41, 5.74) is 1.35. The van der Waals surface area contributed by atoms with Gasteiger partial charge in [-0.2, -0.15) is 0 Å². The van der Waals surface area contributed by atoms with Gasteiger partial charge in [-0.15, -0.1) is 5.10 Å². The lowest BCUT2D eigenvalue weighted by atomic mass is 10.0. The van der Waals surface area contributed by atoms with Crippen molar-refractivity contribution in [3.8, 4) is 0 Å². The maximum atomic E-state index is 12.0. The van der Waals surface area contributed by atoms with Gasteiger partial charge in [0.25, 0.3) is 5.91 Å². The molecule has 0 aliphatic heterocycles. The third-order valence-electron chi connectivity index (χ3n) is 3.73. The Morgan fingerprint density at radius 2 is 2.09 bits per heavy atom. The van der Waals surface area contributed by atoms with Crippen LogP contribution < -0.4 is 5.32 Å². The van der Waals surface area contributed by atoms with Gasteiger partial charge in [0, 0.05) is 6.54 Å². The molecule has 0 fully saturated rings. The minimum Gasteiger partial charge on any atom is -0.391 e. The Morgan fingerprint density at radius 3 is 2.77 bits per heavy atom. The fourth-order valence-corrected chi connectivity index (χ4v) is 2.01.